The van der Waals surface area contributed by atoms with Crippen LogP contribution in [0.3, 0.4) is 0 Å². The van der Waals surface area contributed by atoms with Gasteiger partial charge in [-0.15, -0.1) is 0 Å². The molecule has 2 N–H and O–H groups in total. The van der Waals surface area contributed by atoms with Gasteiger partial charge >= 0.3 is 5.97 Å². The summed E-state index contributed by atoms with van der Waals surface area (Å²) < 4.78 is 12.7. The molecule has 1 aromatic carbocycles. The first-order valence-corrected chi connectivity index (χ1v) is 6.84. The summed E-state index contributed by atoms with van der Waals surface area (Å²) in [6.45, 7) is 0.526. The molecule has 1 unspecified atom stereocenters. The Balaban J connectivity index is 1.90. The number of hydrogen-bond donors (Lipinski definition) is 2. The SMILES string of the molecule is O=C(O)C(NCCc1ccc(F)cc1)c1ccsc1. The van der Waals surface area contributed by atoms with Gasteiger partial charge in [-0.05, 0) is 46.5 Å². The zero-order valence-electron chi connectivity index (χ0n) is 10.2. The fourth-order valence-corrected chi connectivity index (χ4v) is 2.48. The maximum absolute atomic E-state index is 12.7. The number of hydrogen-bond acceptors (Lipinski definition) is 3. The predicted octanol–water partition coefficient (Wildman–Crippen LogP) is 2.85. The molecule has 5 heteroatoms. The van der Waals surface area contributed by atoms with Crippen LogP contribution >= 0.6 is 11.3 Å². The minimum atomic E-state index is -0.891. The van der Waals surface area contributed by atoms with Gasteiger partial charge in [0, 0.05) is 6.54 Å². The zero-order chi connectivity index (χ0) is 13.7. The van der Waals surface area contributed by atoms with Crippen LogP contribution in [-0.2, 0) is 11.2 Å². The van der Waals surface area contributed by atoms with Crippen LogP contribution in [0.2, 0.25) is 0 Å². The topological polar surface area (TPSA) is 49.3 Å². The van der Waals surface area contributed by atoms with Crippen molar-refractivity contribution in [1.82, 2.24) is 5.32 Å². The number of benzene rings is 1. The molecule has 0 amide bonds. The molecule has 1 aromatic heterocycles. The van der Waals surface area contributed by atoms with Gasteiger partial charge in [0.05, 0.1) is 0 Å². The van der Waals surface area contributed by atoms with E-state index in [1.54, 1.807) is 18.2 Å². The number of carboxylic acids is 1. The molecule has 19 heavy (non-hydrogen) atoms. The fourth-order valence-electron chi connectivity index (χ4n) is 1.80. The first-order valence-electron chi connectivity index (χ1n) is 5.89. The molecule has 3 nitrogen and oxygen atoms in total. The maximum Gasteiger partial charge on any atom is 0.325 e. The van der Waals surface area contributed by atoms with Crippen LogP contribution in [0.25, 0.3) is 0 Å². The monoisotopic (exact) mass is 279 g/mol. The number of halogens is 1. The molecule has 1 heterocycles. The van der Waals surface area contributed by atoms with Crippen LogP contribution in [-0.4, -0.2) is 17.6 Å². The van der Waals surface area contributed by atoms with E-state index in [-0.39, 0.29) is 5.82 Å². The van der Waals surface area contributed by atoms with Crippen molar-refractivity contribution >= 4 is 17.3 Å². The smallest absolute Gasteiger partial charge is 0.325 e. The quantitative estimate of drug-likeness (QED) is 0.855. The molecule has 0 saturated heterocycles. The zero-order valence-corrected chi connectivity index (χ0v) is 11.0. The Bertz CT molecular complexity index is 525. The van der Waals surface area contributed by atoms with Crippen molar-refractivity contribution in [3.8, 4) is 0 Å². The molecule has 0 aliphatic rings. The summed E-state index contributed by atoms with van der Waals surface area (Å²) in [5, 5.41) is 15.8. The average Bonchev–Trinajstić information content (AvgIpc) is 2.90. The second-order valence-corrected chi connectivity index (χ2v) is 4.94. The van der Waals surface area contributed by atoms with Crippen molar-refractivity contribution in [2.75, 3.05) is 6.54 Å². The molecule has 1 atom stereocenters. The van der Waals surface area contributed by atoms with Gasteiger partial charge in [-0.25, -0.2) is 4.39 Å². The molecule has 0 saturated carbocycles. The number of rotatable bonds is 6. The Labute approximate surface area is 114 Å². The molecule has 0 spiro atoms. The van der Waals surface area contributed by atoms with Crippen LogP contribution in [0.5, 0.6) is 0 Å². The van der Waals surface area contributed by atoms with Gasteiger partial charge in [0.25, 0.3) is 0 Å². The summed E-state index contributed by atoms with van der Waals surface area (Å²) in [6.07, 6.45) is 0.661. The Morgan fingerprint density at radius 1 is 1.32 bits per heavy atom. The lowest BCUT2D eigenvalue weighted by Crippen LogP contribution is -2.29. The molecule has 2 rings (SSSR count). The van der Waals surface area contributed by atoms with E-state index in [9.17, 15) is 14.3 Å². The Morgan fingerprint density at radius 2 is 2.05 bits per heavy atom. The first kappa shape index (κ1) is 13.7. The predicted molar refractivity (Wildman–Crippen MR) is 72.8 cm³/mol. The van der Waals surface area contributed by atoms with Gasteiger partial charge in [-0.3, -0.25) is 4.79 Å². The minimum absolute atomic E-state index is 0.265. The van der Waals surface area contributed by atoms with Gasteiger partial charge in [0.1, 0.15) is 11.9 Å². The van der Waals surface area contributed by atoms with Crippen molar-refractivity contribution in [2.45, 2.75) is 12.5 Å². The van der Waals surface area contributed by atoms with Crippen LogP contribution in [0.15, 0.2) is 41.1 Å². The highest BCUT2D eigenvalue weighted by atomic mass is 32.1. The van der Waals surface area contributed by atoms with E-state index in [0.717, 1.165) is 11.1 Å². The van der Waals surface area contributed by atoms with Crippen LogP contribution in [0.4, 0.5) is 4.39 Å². The Morgan fingerprint density at radius 3 is 2.63 bits per heavy atom. The number of aliphatic carboxylic acids is 1. The van der Waals surface area contributed by atoms with E-state index in [0.29, 0.717) is 13.0 Å². The summed E-state index contributed by atoms with van der Waals surface area (Å²) in [6, 6.07) is 7.33. The molecule has 0 radical (unpaired) electrons. The van der Waals surface area contributed by atoms with Gasteiger partial charge in [-0.1, -0.05) is 12.1 Å². The van der Waals surface area contributed by atoms with E-state index >= 15 is 0 Å². The van der Waals surface area contributed by atoms with E-state index < -0.39 is 12.0 Å². The van der Waals surface area contributed by atoms with Gasteiger partial charge < -0.3 is 10.4 Å². The normalized spacial score (nSPS) is 12.3. The fraction of sp³-hybridized carbons (Fsp3) is 0.214. The third-order valence-corrected chi connectivity index (χ3v) is 3.50. The minimum Gasteiger partial charge on any atom is -0.480 e. The van der Waals surface area contributed by atoms with E-state index in [1.807, 2.05) is 10.8 Å². The third kappa shape index (κ3) is 3.87. The molecule has 0 aliphatic heterocycles. The largest absolute Gasteiger partial charge is 0.480 e. The molecule has 0 fully saturated rings. The lowest BCUT2D eigenvalue weighted by Gasteiger charge is -2.13. The molecule has 0 bridgehead atoms. The van der Waals surface area contributed by atoms with E-state index in [1.165, 1.54) is 23.5 Å². The highest BCUT2D eigenvalue weighted by molar-refractivity contribution is 7.08. The highest BCUT2D eigenvalue weighted by Crippen LogP contribution is 2.16. The summed E-state index contributed by atoms with van der Waals surface area (Å²) in [5.74, 6) is -1.16. The van der Waals surface area contributed by atoms with Gasteiger partial charge in [0.2, 0.25) is 0 Å². The lowest BCUT2D eigenvalue weighted by atomic mass is 10.1. The van der Waals surface area contributed by atoms with Crippen molar-refractivity contribution in [2.24, 2.45) is 0 Å². The number of carboxylic acid groups (broad SMARTS) is 1. The van der Waals surface area contributed by atoms with Crippen LogP contribution < -0.4 is 5.32 Å². The van der Waals surface area contributed by atoms with Crippen LogP contribution in [0, 0.1) is 5.82 Å². The number of carbonyl (C=O) groups is 1. The summed E-state index contributed by atoms with van der Waals surface area (Å²) in [5.41, 5.74) is 1.74. The number of nitrogens with one attached hydrogen (secondary N) is 1. The Kier molecular flexibility index (Phi) is 4.65. The Hall–Kier alpha value is -1.72. The van der Waals surface area contributed by atoms with Crippen LogP contribution in [0.1, 0.15) is 17.2 Å². The summed E-state index contributed by atoms with van der Waals surface area (Å²) >= 11 is 1.47. The molecule has 100 valence electrons. The second kappa shape index (κ2) is 6.45. The van der Waals surface area contributed by atoms with Gasteiger partial charge in [0.15, 0.2) is 0 Å². The van der Waals surface area contributed by atoms with Gasteiger partial charge in [-0.2, -0.15) is 11.3 Å². The average molecular weight is 279 g/mol. The standard InChI is InChI=1S/C14H14FNO2S/c15-12-3-1-10(2-4-12)5-7-16-13(14(17)18)11-6-8-19-9-11/h1-4,6,8-9,13,16H,5,7H2,(H,17,18). The second-order valence-electron chi connectivity index (χ2n) is 4.16. The van der Waals surface area contributed by atoms with Crippen molar-refractivity contribution < 1.29 is 14.3 Å². The summed E-state index contributed by atoms with van der Waals surface area (Å²) in [4.78, 5) is 11.2. The van der Waals surface area contributed by atoms with E-state index in [4.69, 9.17) is 0 Å². The molecule has 0 aliphatic carbocycles. The highest BCUT2D eigenvalue weighted by Gasteiger charge is 2.18. The van der Waals surface area contributed by atoms with E-state index in [2.05, 4.69) is 5.32 Å². The maximum atomic E-state index is 12.7. The lowest BCUT2D eigenvalue weighted by molar-refractivity contribution is -0.139. The van der Waals surface area contributed by atoms with Crippen molar-refractivity contribution in [3.05, 3.63) is 58.0 Å². The molecular weight excluding hydrogens is 265 g/mol. The third-order valence-electron chi connectivity index (χ3n) is 2.80. The summed E-state index contributed by atoms with van der Waals surface area (Å²) in [7, 11) is 0. The molecular formula is C14H14FNO2S. The molecule has 2 aromatic rings. The number of thiophene rings is 1. The van der Waals surface area contributed by atoms with Crippen molar-refractivity contribution in [3.63, 3.8) is 0 Å². The van der Waals surface area contributed by atoms with Crippen molar-refractivity contribution in [1.29, 1.82) is 0 Å². The first-order chi connectivity index (χ1) is 9.16.